The zero-order valence-electron chi connectivity index (χ0n) is 20.5. The van der Waals surface area contributed by atoms with Gasteiger partial charge in [0.25, 0.3) is 0 Å². The molecule has 2 nitrogen and oxygen atoms in total. The minimum atomic E-state index is 0.920. The van der Waals surface area contributed by atoms with Crippen LogP contribution >= 0.6 is 0 Å². The van der Waals surface area contributed by atoms with Crippen molar-refractivity contribution in [1.82, 2.24) is 0 Å². The third kappa shape index (κ3) is 2.51. The molecular formula is C36H21NO. The Morgan fingerprint density at radius 3 is 1.76 bits per heavy atom. The number of rotatable bonds is 3. The monoisotopic (exact) mass is 483 g/mol. The third-order valence-electron chi connectivity index (χ3n) is 8.12. The SMILES string of the molecule is c1ccc(N(c2ccccc2)c2cc3oc4ccc5ccc6cccc7c6c5c4c3c3c-7cccc23)cc1. The number of hydrogen-bond donors (Lipinski definition) is 0. The van der Waals surface area contributed by atoms with Crippen LogP contribution in [0.25, 0.3) is 65.4 Å². The number of hydrogen-bond acceptors (Lipinski definition) is 2. The molecule has 0 aliphatic heterocycles. The number of fused-ring (bicyclic) bond motifs is 1. The van der Waals surface area contributed by atoms with E-state index in [0.29, 0.717) is 0 Å². The smallest absolute Gasteiger partial charge is 0.138 e. The summed E-state index contributed by atoms with van der Waals surface area (Å²) >= 11 is 0. The van der Waals surface area contributed by atoms with Gasteiger partial charge in [-0.15, -0.1) is 0 Å². The molecule has 0 atom stereocenters. The van der Waals surface area contributed by atoms with E-state index in [0.717, 1.165) is 28.2 Å². The van der Waals surface area contributed by atoms with Gasteiger partial charge >= 0.3 is 0 Å². The van der Waals surface area contributed by atoms with Crippen LogP contribution in [-0.2, 0) is 0 Å². The summed E-state index contributed by atoms with van der Waals surface area (Å²) in [5.41, 5.74) is 7.74. The van der Waals surface area contributed by atoms with Crippen molar-refractivity contribution in [1.29, 1.82) is 0 Å². The number of anilines is 3. The lowest BCUT2D eigenvalue weighted by atomic mass is 9.92. The Hall–Kier alpha value is -5.08. The molecule has 176 valence electrons. The molecule has 1 aromatic heterocycles. The first-order valence-electron chi connectivity index (χ1n) is 13.0. The molecule has 7 aromatic carbocycles. The van der Waals surface area contributed by atoms with E-state index in [1.807, 2.05) is 0 Å². The molecule has 2 heteroatoms. The summed E-state index contributed by atoms with van der Waals surface area (Å²) in [5.74, 6) is 0. The molecule has 9 rings (SSSR count). The van der Waals surface area contributed by atoms with Gasteiger partial charge in [0.2, 0.25) is 0 Å². The molecule has 0 N–H and O–H groups in total. The predicted molar refractivity (Wildman–Crippen MR) is 160 cm³/mol. The molecule has 1 aliphatic carbocycles. The van der Waals surface area contributed by atoms with Gasteiger partial charge in [-0.3, -0.25) is 0 Å². The molecule has 1 aliphatic rings. The van der Waals surface area contributed by atoms with Crippen LogP contribution < -0.4 is 4.90 Å². The maximum absolute atomic E-state index is 6.68. The quantitative estimate of drug-likeness (QED) is 0.232. The largest absolute Gasteiger partial charge is 0.456 e. The summed E-state index contributed by atoms with van der Waals surface area (Å²) in [5, 5.41) is 10.0. The highest BCUT2D eigenvalue weighted by Crippen LogP contribution is 2.52. The van der Waals surface area contributed by atoms with E-state index in [-0.39, 0.29) is 0 Å². The van der Waals surface area contributed by atoms with Gasteiger partial charge in [-0.1, -0.05) is 91.0 Å². The Kier molecular flexibility index (Phi) is 3.82. The Balaban J connectivity index is 1.53. The van der Waals surface area contributed by atoms with Crippen molar-refractivity contribution in [2.75, 3.05) is 4.90 Å². The lowest BCUT2D eigenvalue weighted by molar-refractivity contribution is 0.669. The Morgan fingerprint density at radius 1 is 0.421 bits per heavy atom. The first-order valence-corrected chi connectivity index (χ1v) is 13.0. The molecule has 38 heavy (non-hydrogen) atoms. The van der Waals surface area contributed by atoms with Crippen LogP contribution in [0.15, 0.2) is 132 Å². The lowest BCUT2D eigenvalue weighted by Crippen LogP contribution is -2.10. The van der Waals surface area contributed by atoms with Crippen molar-refractivity contribution in [3.8, 4) is 11.1 Å². The lowest BCUT2D eigenvalue weighted by Gasteiger charge is -2.27. The van der Waals surface area contributed by atoms with Gasteiger partial charge in [0.05, 0.1) is 5.69 Å². The molecule has 0 fully saturated rings. The van der Waals surface area contributed by atoms with E-state index in [2.05, 4.69) is 132 Å². The summed E-state index contributed by atoms with van der Waals surface area (Å²) in [6.07, 6.45) is 0. The summed E-state index contributed by atoms with van der Waals surface area (Å²) in [6, 6.07) is 45.7. The molecule has 0 saturated carbocycles. The fourth-order valence-corrected chi connectivity index (χ4v) is 6.60. The number of furan rings is 1. The van der Waals surface area contributed by atoms with Gasteiger partial charge in [-0.25, -0.2) is 0 Å². The average Bonchev–Trinajstić information content (AvgIpc) is 3.29. The van der Waals surface area contributed by atoms with E-state index in [4.69, 9.17) is 4.42 Å². The minimum absolute atomic E-state index is 0.920. The maximum Gasteiger partial charge on any atom is 0.138 e. The van der Waals surface area contributed by atoms with Crippen LogP contribution in [-0.4, -0.2) is 0 Å². The molecule has 0 bridgehead atoms. The van der Waals surface area contributed by atoms with E-state index in [1.54, 1.807) is 0 Å². The molecule has 8 aromatic rings. The van der Waals surface area contributed by atoms with E-state index in [1.165, 1.54) is 54.2 Å². The average molecular weight is 484 g/mol. The van der Waals surface area contributed by atoms with Gasteiger partial charge in [0.1, 0.15) is 11.2 Å². The standard InChI is InChI=1S/C36H21NO/c1-3-10-24(11-4-1)37(25-12-5-2-6-13-25)29-21-31-36-34-27(15-8-16-28(29)34)26-14-7-9-22-17-18-23-19-20-30(38-31)35(36)33(23)32(22)26/h1-21H. The van der Waals surface area contributed by atoms with Gasteiger partial charge in [0.15, 0.2) is 0 Å². The predicted octanol–water partition coefficient (Wildman–Crippen LogP) is 10.5. The fourth-order valence-electron chi connectivity index (χ4n) is 6.60. The van der Waals surface area contributed by atoms with Crippen molar-refractivity contribution < 1.29 is 4.42 Å². The van der Waals surface area contributed by atoms with Crippen molar-refractivity contribution >= 4 is 71.3 Å². The third-order valence-corrected chi connectivity index (χ3v) is 8.12. The summed E-state index contributed by atoms with van der Waals surface area (Å²) in [4.78, 5) is 2.35. The molecule has 0 spiro atoms. The summed E-state index contributed by atoms with van der Waals surface area (Å²) in [7, 11) is 0. The van der Waals surface area contributed by atoms with Gasteiger partial charge in [-0.05, 0) is 57.6 Å². The molecule has 0 radical (unpaired) electrons. The zero-order chi connectivity index (χ0) is 24.8. The molecule has 0 unspecified atom stereocenters. The minimum Gasteiger partial charge on any atom is -0.456 e. The van der Waals surface area contributed by atoms with Crippen molar-refractivity contribution in [3.05, 3.63) is 127 Å². The normalized spacial score (nSPS) is 12.2. The Bertz CT molecular complexity index is 2190. The number of para-hydroxylation sites is 2. The molecule has 0 saturated heterocycles. The first-order chi connectivity index (χ1) is 18.9. The van der Waals surface area contributed by atoms with E-state index >= 15 is 0 Å². The van der Waals surface area contributed by atoms with Crippen LogP contribution in [0.5, 0.6) is 0 Å². The second-order valence-corrected chi connectivity index (χ2v) is 10.1. The van der Waals surface area contributed by atoms with Crippen molar-refractivity contribution in [2.45, 2.75) is 0 Å². The van der Waals surface area contributed by atoms with Crippen LogP contribution in [0, 0.1) is 0 Å². The van der Waals surface area contributed by atoms with Crippen LogP contribution in [0.3, 0.4) is 0 Å². The van der Waals surface area contributed by atoms with Gasteiger partial charge in [-0.2, -0.15) is 0 Å². The van der Waals surface area contributed by atoms with Gasteiger partial charge < -0.3 is 9.32 Å². The van der Waals surface area contributed by atoms with Crippen LogP contribution in [0.1, 0.15) is 0 Å². The highest BCUT2D eigenvalue weighted by Gasteiger charge is 2.26. The second-order valence-electron chi connectivity index (χ2n) is 10.1. The highest BCUT2D eigenvalue weighted by atomic mass is 16.3. The fraction of sp³-hybridized carbons (Fsp3) is 0. The summed E-state index contributed by atoms with van der Waals surface area (Å²) < 4.78 is 6.68. The zero-order valence-corrected chi connectivity index (χ0v) is 20.5. The van der Waals surface area contributed by atoms with Crippen molar-refractivity contribution in [2.24, 2.45) is 0 Å². The maximum atomic E-state index is 6.68. The van der Waals surface area contributed by atoms with Crippen LogP contribution in [0.2, 0.25) is 0 Å². The summed E-state index contributed by atoms with van der Waals surface area (Å²) in [6.45, 7) is 0. The number of benzene rings is 7. The van der Waals surface area contributed by atoms with Crippen molar-refractivity contribution in [3.63, 3.8) is 0 Å². The molecule has 1 heterocycles. The second kappa shape index (κ2) is 7.24. The van der Waals surface area contributed by atoms with Crippen LogP contribution in [0.4, 0.5) is 17.1 Å². The van der Waals surface area contributed by atoms with E-state index < -0.39 is 0 Å². The number of nitrogens with zero attached hydrogens (tertiary/aromatic N) is 1. The van der Waals surface area contributed by atoms with Gasteiger partial charge in [0, 0.05) is 44.4 Å². The molecule has 0 amide bonds. The Morgan fingerprint density at radius 2 is 1.03 bits per heavy atom. The highest BCUT2D eigenvalue weighted by molar-refractivity contribution is 6.38. The Labute approximate surface area is 219 Å². The molecular weight excluding hydrogens is 462 g/mol. The topological polar surface area (TPSA) is 16.4 Å². The first kappa shape index (κ1) is 20.0. The van der Waals surface area contributed by atoms with E-state index in [9.17, 15) is 0 Å².